The number of hydrogen-bond acceptors (Lipinski definition) is 3. The van der Waals surface area contributed by atoms with Gasteiger partial charge < -0.3 is 15.0 Å². The smallest absolute Gasteiger partial charge is 0.224 e. The molecule has 0 saturated carbocycles. The summed E-state index contributed by atoms with van der Waals surface area (Å²) in [7, 11) is 1.88. The number of rotatable bonds is 5. The number of nitrogens with one attached hydrogen (secondary N) is 1. The predicted molar refractivity (Wildman–Crippen MR) is 64.3 cm³/mol. The molecule has 1 aliphatic rings. The summed E-state index contributed by atoms with van der Waals surface area (Å²) in [5.41, 5.74) is 0. The molecule has 0 aliphatic carbocycles. The fraction of sp³-hybridized carbons (Fsp3) is 0.917. The first-order chi connectivity index (χ1) is 7.59. The van der Waals surface area contributed by atoms with E-state index in [0.717, 1.165) is 26.1 Å². The van der Waals surface area contributed by atoms with E-state index in [0.29, 0.717) is 18.9 Å². The first kappa shape index (κ1) is 13.5. The second kappa shape index (κ2) is 6.86. The van der Waals surface area contributed by atoms with Gasteiger partial charge in [-0.25, -0.2) is 0 Å². The molecule has 0 aromatic rings. The van der Waals surface area contributed by atoms with Crippen molar-refractivity contribution in [3.05, 3.63) is 0 Å². The van der Waals surface area contributed by atoms with Crippen LogP contribution in [0.3, 0.4) is 0 Å². The lowest BCUT2D eigenvalue weighted by atomic mass is 10.1. The molecular weight excluding hydrogens is 204 g/mol. The Kier molecular flexibility index (Phi) is 5.77. The summed E-state index contributed by atoms with van der Waals surface area (Å²) >= 11 is 0. The van der Waals surface area contributed by atoms with E-state index in [4.69, 9.17) is 4.74 Å². The molecule has 94 valence electrons. The molecule has 1 heterocycles. The minimum absolute atomic E-state index is 0.0581. The maximum Gasteiger partial charge on any atom is 0.224 e. The van der Waals surface area contributed by atoms with Crippen molar-refractivity contribution in [2.45, 2.75) is 32.8 Å². The molecule has 1 amide bonds. The van der Waals surface area contributed by atoms with Crippen molar-refractivity contribution in [2.75, 3.05) is 33.3 Å². The summed E-state index contributed by atoms with van der Waals surface area (Å²) < 4.78 is 5.51. The average molecular weight is 228 g/mol. The highest BCUT2D eigenvalue weighted by atomic mass is 16.5. The van der Waals surface area contributed by atoms with E-state index in [-0.39, 0.29) is 12.0 Å². The molecule has 1 atom stereocenters. The topological polar surface area (TPSA) is 41.6 Å². The molecule has 1 fully saturated rings. The third kappa shape index (κ3) is 4.94. The lowest BCUT2D eigenvalue weighted by Gasteiger charge is -2.25. The second-order valence-electron chi connectivity index (χ2n) is 4.90. The van der Waals surface area contributed by atoms with Crippen LogP contribution < -0.4 is 5.32 Å². The molecule has 1 aliphatic heterocycles. The van der Waals surface area contributed by atoms with Crippen molar-refractivity contribution in [2.24, 2.45) is 5.92 Å². The van der Waals surface area contributed by atoms with Crippen molar-refractivity contribution >= 4 is 5.91 Å². The second-order valence-corrected chi connectivity index (χ2v) is 4.90. The summed E-state index contributed by atoms with van der Waals surface area (Å²) in [6.07, 6.45) is 1.62. The van der Waals surface area contributed by atoms with Crippen molar-refractivity contribution in [3.63, 3.8) is 0 Å². The average Bonchev–Trinajstić information content (AvgIpc) is 2.27. The van der Waals surface area contributed by atoms with Gasteiger partial charge in [0.25, 0.3) is 0 Å². The largest absolute Gasteiger partial charge is 0.375 e. The van der Waals surface area contributed by atoms with Gasteiger partial charge >= 0.3 is 0 Å². The van der Waals surface area contributed by atoms with Gasteiger partial charge in [0.2, 0.25) is 5.91 Å². The zero-order chi connectivity index (χ0) is 12.0. The monoisotopic (exact) mass is 228 g/mol. The summed E-state index contributed by atoms with van der Waals surface area (Å²) in [5, 5.41) is 3.23. The third-order valence-electron chi connectivity index (χ3n) is 2.87. The minimum Gasteiger partial charge on any atom is -0.375 e. The fourth-order valence-electron chi connectivity index (χ4n) is 1.68. The van der Waals surface area contributed by atoms with Crippen molar-refractivity contribution in [3.8, 4) is 0 Å². The summed E-state index contributed by atoms with van der Waals surface area (Å²) in [6.45, 7) is 7.60. The van der Waals surface area contributed by atoms with Gasteiger partial charge in [-0.3, -0.25) is 4.79 Å². The standard InChI is InChI=1S/C12H24N2O2/c1-10(2)4-6-14(3)12(15)8-11-9-13-5-7-16-11/h10-11,13H,4-9H2,1-3H3. The lowest BCUT2D eigenvalue weighted by molar-refractivity contribution is -0.133. The Bertz CT molecular complexity index is 213. The molecule has 0 aromatic carbocycles. The van der Waals surface area contributed by atoms with E-state index in [9.17, 15) is 4.79 Å². The first-order valence-corrected chi connectivity index (χ1v) is 6.16. The van der Waals surface area contributed by atoms with E-state index < -0.39 is 0 Å². The zero-order valence-electron chi connectivity index (χ0n) is 10.7. The van der Waals surface area contributed by atoms with Gasteiger partial charge in [-0.15, -0.1) is 0 Å². The molecule has 4 heteroatoms. The highest BCUT2D eigenvalue weighted by Gasteiger charge is 2.19. The summed E-state index contributed by atoms with van der Waals surface area (Å²) in [4.78, 5) is 13.7. The fourth-order valence-corrected chi connectivity index (χ4v) is 1.68. The number of hydrogen-bond donors (Lipinski definition) is 1. The molecule has 0 radical (unpaired) electrons. The summed E-state index contributed by atoms with van der Waals surface area (Å²) in [5.74, 6) is 0.831. The zero-order valence-corrected chi connectivity index (χ0v) is 10.7. The van der Waals surface area contributed by atoms with Crippen molar-refractivity contribution < 1.29 is 9.53 Å². The van der Waals surface area contributed by atoms with Crippen LogP contribution in [0.5, 0.6) is 0 Å². The summed E-state index contributed by atoms with van der Waals surface area (Å²) in [6, 6.07) is 0. The van der Waals surface area contributed by atoms with Crippen LogP contribution in [-0.4, -0.2) is 50.2 Å². The minimum atomic E-state index is 0.0581. The van der Waals surface area contributed by atoms with Gasteiger partial charge in [0.15, 0.2) is 0 Å². The number of nitrogens with zero attached hydrogens (tertiary/aromatic N) is 1. The molecule has 0 bridgehead atoms. The van der Waals surface area contributed by atoms with Crippen LogP contribution in [0.4, 0.5) is 0 Å². The Morgan fingerprint density at radius 2 is 2.31 bits per heavy atom. The highest BCUT2D eigenvalue weighted by Crippen LogP contribution is 2.06. The van der Waals surface area contributed by atoms with E-state index in [1.807, 2.05) is 11.9 Å². The van der Waals surface area contributed by atoms with Gasteiger partial charge in [0, 0.05) is 26.7 Å². The van der Waals surface area contributed by atoms with Crippen LogP contribution >= 0.6 is 0 Å². The number of morpholine rings is 1. The van der Waals surface area contributed by atoms with Gasteiger partial charge in [-0.1, -0.05) is 13.8 Å². The van der Waals surface area contributed by atoms with E-state index in [1.165, 1.54) is 0 Å². The Hall–Kier alpha value is -0.610. The Labute approximate surface area is 98.3 Å². The van der Waals surface area contributed by atoms with Gasteiger partial charge in [-0.2, -0.15) is 0 Å². The molecule has 1 saturated heterocycles. The van der Waals surface area contributed by atoms with Crippen LogP contribution in [0.2, 0.25) is 0 Å². The van der Waals surface area contributed by atoms with E-state index >= 15 is 0 Å². The predicted octanol–water partition coefficient (Wildman–Crippen LogP) is 0.869. The SMILES string of the molecule is CC(C)CCN(C)C(=O)CC1CNCCO1. The van der Waals surface area contributed by atoms with Gasteiger partial charge in [-0.05, 0) is 12.3 Å². The number of amides is 1. The van der Waals surface area contributed by atoms with Gasteiger partial charge in [0.1, 0.15) is 0 Å². The lowest BCUT2D eigenvalue weighted by Crippen LogP contribution is -2.42. The normalized spacial score (nSPS) is 21.1. The van der Waals surface area contributed by atoms with Crippen LogP contribution in [0.1, 0.15) is 26.7 Å². The molecule has 1 rings (SSSR count). The maximum atomic E-state index is 11.8. The van der Waals surface area contributed by atoms with Crippen LogP contribution in [0, 0.1) is 5.92 Å². The molecule has 16 heavy (non-hydrogen) atoms. The van der Waals surface area contributed by atoms with Crippen LogP contribution in [0.25, 0.3) is 0 Å². The highest BCUT2D eigenvalue weighted by molar-refractivity contribution is 5.76. The van der Waals surface area contributed by atoms with Crippen LogP contribution in [-0.2, 0) is 9.53 Å². The Morgan fingerprint density at radius 3 is 2.88 bits per heavy atom. The Balaban J connectivity index is 2.22. The third-order valence-corrected chi connectivity index (χ3v) is 2.87. The molecule has 0 aromatic heterocycles. The maximum absolute atomic E-state index is 11.8. The Morgan fingerprint density at radius 1 is 1.56 bits per heavy atom. The number of carbonyl (C=O) groups is 1. The molecular formula is C12H24N2O2. The number of carbonyl (C=O) groups excluding carboxylic acids is 1. The van der Waals surface area contributed by atoms with Crippen LogP contribution in [0.15, 0.2) is 0 Å². The molecule has 0 spiro atoms. The van der Waals surface area contributed by atoms with E-state index in [1.54, 1.807) is 0 Å². The van der Waals surface area contributed by atoms with E-state index in [2.05, 4.69) is 19.2 Å². The van der Waals surface area contributed by atoms with Crippen molar-refractivity contribution in [1.82, 2.24) is 10.2 Å². The number of ether oxygens (including phenoxy) is 1. The molecule has 1 N–H and O–H groups in total. The molecule has 4 nitrogen and oxygen atoms in total. The first-order valence-electron chi connectivity index (χ1n) is 6.16. The molecule has 1 unspecified atom stereocenters. The van der Waals surface area contributed by atoms with Gasteiger partial charge in [0.05, 0.1) is 19.1 Å². The quantitative estimate of drug-likeness (QED) is 0.759. The van der Waals surface area contributed by atoms with Crippen molar-refractivity contribution in [1.29, 1.82) is 0 Å².